The van der Waals surface area contributed by atoms with Crippen molar-refractivity contribution in [3.05, 3.63) is 34.9 Å². The Bertz CT molecular complexity index is 328. The van der Waals surface area contributed by atoms with Gasteiger partial charge in [-0.15, -0.1) is 0 Å². The van der Waals surface area contributed by atoms with Gasteiger partial charge in [0.2, 0.25) is 0 Å². The van der Waals surface area contributed by atoms with Crippen LogP contribution in [-0.2, 0) is 13.0 Å². The van der Waals surface area contributed by atoms with Crippen LogP contribution >= 0.6 is 0 Å². The fourth-order valence-electron chi connectivity index (χ4n) is 2.28. The lowest BCUT2D eigenvalue weighted by molar-refractivity contribution is 0.311. The highest BCUT2D eigenvalue weighted by Crippen LogP contribution is 2.26. The third-order valence-corrected chi connectivity index (χ3v) is 3.12. The molecule has 1 aromatic carbocycles. The molecule has 1 aromatic rings. The first-order valence-corrected chi connectivity index (χ1v) is 6.47. The van der Waals surface area contributed by atoms with Gasteiger partial charge >= 0.3 is 0 Å². The van der Waals surface area contributed by atoms with Gasteiger partial charge in [-0.2, -0.15) is 0 Å². The minimum absolute atomic E-state index is 0.649. The van der Waals surface area contributed by atoms with Gasteiger partial charge in [0.1, 0.15) is 0 Å². The van der Waals surface area contributed by atoms with E-state index < -0.39 is 0 Å². The molecule has 0 fully saturated rings. The smallest absolute Gasteiger partial charge is 0.0236 e. The average molecular weight is 219 g/mol. The van der Waals surface area contributed by atoms with Gasteiger partial charge in [-0.1, -0.05) is 45.9 Å². The summed E-state index contributed by atoms with van der Waals surface area (Å²) in [7, 11) is 2.21. The van der Waals surface area contributed by atoms with Crippen molar-refractivity contribution in [2.24, 2.45) is 0 Å². The summed E-state index contributed by atoms with van der Waals surface area (Å²) in [5.74, 6) is 0.649. The van der Waals surface area contributed by atoms with Gasteiger partial charge < -0.3 is 4.90 Å². The van der Waals surface area contributed by atoms with E-state index >= 15 is 0 Å². The van der Waals surface area contributed by atoms with Crippen LogP contribution in [0.3, 0.4) is 0 Å². The third-order valence-electron chi connectivity index (χ3n) is 3.12. The second-order valence-corrected chi connectivity index (χ2v) is 4.63. The van der Waals surface area contributed by atoms with E-state index in [4.69, 9.17) is 0 Å². The lowest BCUT2D eigenvalue weighted by Crippen LogP contribution is -2.27. The van der Waals surface area contributed by atoms with Gasteiger partial charge in [0.25, 0.3) is 0 Å². The first kappa shape index (κ1) is 13.2. The maximum Gasteiger partial charge on any atom is 0.0236 e. The average Bonchev–Trinajstić information content (AvgIpc) is 2.30. The molecule has 0 aromatic heterocycles. The number of hydrogen-bond acceptors (Lipinski definition) is 1. The van der Waals surface area contributed by atoms with Crippen LogP contribution in [0, 0.1) is 0 Å². The summed E-state index contributed by atoms with van der Waals surface area (Å²) in [6.07, 6.45) is 1.21. The largest absolute Gasteiger partial charge is 0.302 e. The summed E-state index contributed by atoms with van der Waals surface area (Å²) in [6.45, 7) is 10.9. The Morgan fingerprint density at radius 2 is 1.88 bits per heavy atom. The van der Waals surface area contributed by atoms with Crippen molar-refractivity contribution in [1.82, 2.24) is 4.90 Å². The van der Waals surface area contributed by atoms with Crippen molar-refractivity contribution >= 4 is 0 Å². The van der Waals surface area contributed by atoms with Crippen LogP contribution in [0.25, 0.3) is 0 Å². The van der Waals surface area contributed by atoms with Crippen LogP contribution in [0.15, 0.2) is 18.2 Å². The fraction of sp³-hybridized carbons (Fsp3) is 0.600. The topological polar surface area (TPSA) is 3.24 Å². The van der Waals surface area contributed by atoms with E-state index in [1.165, 1.54) is 18.5 Å². The molecule has 0 atom stereocenters. The van der Waals surface area contributed by atoms with Crippen molar-refractivity contribution < 1.29 is 0 Å². The van der Waals surface area contributed by atoms with Crippen molar-refractivity contribution in [3.8, 4) is 0 Å². The van der Waals surface area contributed by atoms with Crippen LogP contribution < -0.4 is 0 Å². The molecule has 0 amide bonds. The summed E-state index contributed by atoms with van der Waals surface area (Å²) in [5.41, 5.74) is 4.68. The Morgan fingerprint density at radius 3 is 2.50 bits per heavy atom. The maximum atomic E-state index is 2.41. The van der Waals surface area contributed by atoms with Gasteiger partial charge in [0, 0.05) is 13.1 Å². The zero-order valence-electron chi connectivity index (χ0n) is 11.4. The molecule has 0 unspecified atom stereocenters. The summed E-state index contributed by atoms with van der Waals surface area (Å²) in [4.78, 5) is 2.41. The molecule has 0 saturated carbocycles. The molecule has 1 heterocycles. The van der Waals surface area contributed by atoms with Crippen molar-refractivity contribution in [1.29, 1.82) is 0 Å². The van der Waals surface area contributed by atoms with Gasteiger partial charge in [-0.25, -0.2) is 0 Å². The minimum atomic E-state index is 0.649. The molecule has 0 radical (unpaired) electrons. The summed E-state index contributed by atoms with van der Waals surface area (Å²) >= 11 is 0. The fourth-order valence-corrected chi connectivity index (χ4v) is 2.28. The highest BCUT2D eigenvalue weighted by molar-refractivity contribution is 5.38. The van der Waals surface area contributed by atoms with Crippen molar-refractivity contribution in [3.63, 3.8) is 0 Å². The zero-order valence-corrected chi connectivity index (χ0v) is 11.4. The van der Waals surface area contributed by atoms with E-state index in [9.17, 15) is 0 Å². The standard InChI is InChI=1S/C13H19N.C2H6/c1-10(2)12-6-4-5-11-7-8-14(3)9-13(11)12;1-2/h4-6,10H,7-9H2,1-3H3;1-2H3. The van der Waals surface area contributed by atoms with E-state index in [0.29, 0.717) is 5.92 Å². The highest BCUT2D eigenvalue weighted by atomic mass is 15.1. The minimum Gasteiger partial charge on any atom is -0.302 e. The monoisotopic (exact) mass is 219 g/mol. The number of likely N-dealkylation sites (N-methyl/N-ethyl adjacent to an activating group) is 1. The van der Waals surface area contributed by atoms with Crippen LogP contribution in [0.4, 0.5) is 0 Å². The van der Waals surface area contributed by atoms with Gasteiger partial charge in [0.15, 0.2) is 0 Å². The first-order valence-electron chi connectivity index (χ1n) is 6.47. The van der Waals surface area contributed by atoms with E-state index in [2.05, 4.69) is 44.0 Å². The van der Waals surface area contributed by atoms with Crippen LogP contribution in [-0.4, -0.2) is 18.5 Å². The Morgan fingerprint density at radius 1 is 1.19 bits per heavy atom. The Balaban J connectivity index is 0.000000606. The molecule has 0 spiro atoms. The van der Waals surface area contributed by atoms with Gasteiger partial charge in [0.05, 0.1) is 0 Å². The molecule has 1 aliphatic heterocycles. The normalized spacial score (nSPS) is 15.4. The zero-order chi connectivity index (χ0) is 12.1. The number of nitrogens with zero attached hydrogens (tertiary/aromatic N) is 1. The molecule has 90 valence electrons. The third kappa shape index (κ3) is 2.85. The van der Waals surface area contributed by atoms with Gasteiger partial charge in [-0.05, 0) is 36.1 Å². The molecule has 0 saturated heterocycles. The predicted octanol–water partition coefficient (Wildman–Crippen LogP) is 3.82. The lowest BCUT2D eigenvalue weighted by Gasteiger charge is -2.28. The Hall–Kier alpha value is -0.820. The summed E-state index contributed by atoms with van der Waals surface area (Å²) < 4.78 is 0. The molecular formula is C15H25N. The quantitative estimate of drug-likeness (QED) is 0.694. The number of rotatable bonds is 1. The predicted molar refractivity (Wildman–Crippen MR) is 71.9 cm³/mol. The number of benzene rings is 1. The summed E-state index contributed by atoms with van der Waals surface area (Å²) in [6, 6.07) is 6.77. The molecule has 1 nitrogen and oxygen atoms in total. The Labute approximate surface area is 100 Å². The second-order valence-electron chi connectivity index (χ2n) is 4.63. The second kappa shape index (κ2) is 6.05. The molecular weight excluding hydrogens is 194 g/mol. The number of fused-ring (bicyclic) bond motifs is 1. The molecule has 16 heavy (non-hydrogen) atoms. The Kier molecular flexibility index (Phi) is 5.01. The molecule has 1 aliphatic rings. The first-order chi connectivity index (χ1) is 7.68. The molecule has 1 heteroatoms. The molecule has 0 aliphatic carbocycles. The van der Waals surface area contributed by atoms with Crippen LogP contribution in [0.2, 0.25) is 0 Å². The molecule has 0 bridgehead atoms. The van der Waals surface area contributed by atoms with E-state index in [0.717, 1.165) is 6.54 Å². The van der Waals surface area contributed by atoms with E-state index in [1.807, 2.05) is 13.8 Å². The number of hydrogen-bond donors (Lipinski definition) is 0. The van der Waals surface area contributed by atoms with Crippen molar-refractivity contribution in [2.75, 3.05) is 13.6 Å². The molecule has 2 rings (SSSR count). The van der Waals surface area contributed by atoms with E-state index in [1.54, 1.807) is 11.1 Å². The lowest BCUT2D eigenvalue weighted by atomic mass is 9.90. The van der Waals surface area contributed by atoms with Crippen LogP contribution in [0.1, 0.15) is 50.3 Å². The maximum absolute atomic E-state index is 2.41. The summed E-state index contributed by atoms with van der Waals surface area (Å²) in [5, 5.41) is 0. The van der Waals surface area contributed by atoms with Crippen molar-refractivity contribution in [2.45, 2.75) is 46.6 Å². The SMILES string of the molecule is CC.CC(C)c1cccc2c1CN(C)CC2. The highest BCUT2D eigenvalue weighted by Gasteiger charge is 2.16. The van der Waals surface area contributed by atoms with Crippen LogP contribution in [0.5, 0.6) is 0 Å². The molecule has 0 N–H and O–H groups in total. The van der Waals surface area contributed by atoms with Gasteiger partial charge in [-0.3, -0.25) is 0 Å². The van der Waals surface area contributed by atoms with E-state index in [-0.39, 0.29) is 0 Å².